The number of piperidine rings is 1. The molecular weight excluding hydrogens is 309 g/mol. The summed E-state index contributed by atoms with van der Waals surface area (Å²) in [6.45, 7) is 2.56. The molecule has 128 valence electrons. The molecule has 23 heavy (non-hydrogen) atoms. The minimum atomic E-state index is -4.37. The van der Waals surface area contributed by atoms with Gasteiger partial charge in [0.2, 0.25) is 5.91 Å². The summed E-state index contributed by atoms with van der Waals surface area (Å²) in [7, 11) is 1.66. The van der Waals surface area contributed by atoms with E-state index in [-0.39, 0.29) is 12.5 Å². The average Bonchev–Trinajstić information content (AvgIpc) is 2.47. The normalized spacial score (nSPS) is 19.6. The van der Waals surface area contributed by atoms with E-state index in [0.29, 0.717) is 18.2 Å². The van der Waals surface area contributed by atoms with Gasteiger partial charge in [0, 0.05) is 19.3 Å². The third-order valence-electron chi connectivity index (χ3n) is 3.87. The number of nitrogens with zero attached hydrogens (tertiary/aromatic N) is 1. The van der Waals surface area contributed by atoms with Crippen LogP contribution in [0.3, 0.4) is 0 Å². The molecule has 1 heterocycles. The van der Waals surface area contributed by atoms with Gasteiger partial charge in [-0.05, 0) is 49.6 Å². The monoisotopic (exact) mass is 330 g/mol. The number of hydrogen-bond donors (Lipinski definition) is 1. The van der Waals surface area contributed by atoms with Crippen molar-refractivity contribution in [3.05, 3.63) is 29.8 Å². The van der Waals surface area contributed by atoms with Crippen molar-refractivity contribution in [3.8, 4) is 0 Å². The van der Waals surface area contributed by atoms with Gasteiger partial charge in [-0.1, -0.05) is 0 Å². The zero-order chi connectivity index (χ0) is 16.9. The summed E-state index contributed by atoms with van der Waals surface area (Å²) < 4.78 is 42.6. The fourth-order valence-corrected chi connectivity index (χ4v) is 2.81. The molecule has 0 aliphatic carbocycles. The molecule has 1 aliphatic rings. The van der Waals surface area contributed by atoms with Crippen molar-refractivity contribution < 1.29 is 22.7 Å². The van der Waals surface area contributed by atoms with E-state index in [9.17, 15) is 18.0 Å². The molecule has 1 amide bonds. The number of rotatable bonds is 5. The molecule has 1 N–H and O–H groups in total. The van der Waals surface area contributed by atoms with Gasteiger partial charge in [0.05, 0.1) is 18.7 Å². The maximum atomic E-state index is 12.5. The Morgan fingerprint density at radius 3 is 2.65 bits per heavy atom. The molecule has 7 heteroatoms. The predicted octanol–water partition coefficient (Wildman–Crippen LogP) is 3.00. The summed E-state index contributed by atoms with van der Waals surface area (Å²) in [6.07, 6.45) is -2.26. The van der Waals surface area contributed by atoms with Gasteiger partial charge in [0.25, 0.3) is 0 Å². The van der Waals surface area contributed by atoms with Crippen LogP contribution in [0.5, 0.6) is 0 Å². The SMILES string of the molecule is COC[C@H]1CCCN(CC(=O)Nc2ccc(C(F)(F)F)cc2)C1. The third kappa shape index (κ3) is 5.51. The van der Waals surface area contributed by atoms with Crippen molar-refractivity contribution in [2.24, 2.45) is 5.92 Å². The second-order valence-electron chi connectivity index (χ2n) is 5.82. The molecule has 1 atom stereocenters. The summed E-state index contributed by atoms with van der Waals surface area (Å²) in [5.41, 5.74) is -0.359. The Bertz CT molecular complexity index is 515. The van der Waals surface area contributed by atoms with Crippen LogP contribution in [-0.2, 0) is 15.7 Å². The second kappa shape index (κ2) is 7.79. The number of amides is 1. The number of carbonyl (C=O) groups excluding carboxylic acids is 1. The third-order valence-corrected chi connectivity index (χ3v) is 3.87. The first kappa shape index (κ1) is 17.7. The van der Waals surface area contributed by atoms with E-state index in [1.165, 1.54) is 12.1 Å². The number of halogens is 3. The summed E-state index contributed by atoms with van der Waals surface area (Å²) >= 11 is 0. The number of carbonyl (C=O) groups is 1. The summed E-state index contributed by atoms with van der Waals surface area (Å²) in [4.78, 5) is 14.1. The molecule has 1 saturated heterocycles. The molecule has 0 radical (unpaired) electrons. The summed E-state index contributed by atoms with van der Waals surface area (Å²) in [5, 5.41) is 2.64. The maximum absolute atomic E-state index is 12.5. The number of hydrogen-bond acceptors (Lipinski definition) is 3. The smallest absolute Gasteiger partial charge is 0.384 e. The molecule has 2 rings (SSSR count). The Kier molecular flexibility index (Phi) is 6.01. The standard InChI is InChI=1S/C16H21F3N2O2/c1-23-11-12-3-2-8-21(9-12)10-15(22)20-14-6-4-13(5-7-14)16(17,18)19/h4-7,12H,2-3,8-11H2,1H3,(H,20,22)/t12-/m0/s1. The Labute approximate surface area is 133 Å². The number of nitrogens with one attached hydrogen (secondary N) is 1. The van der Waals surface area contributed by atoms with Crippen LogP contribution in [0.25, 0.3) is 0 Å². The first-order valence-electron chi connectivity index (χ1n) is 7.57. The topological polar surface area (TPSA) is 41.6 Å². The maximum Gasteiger partial charge on any atom is 0.416 e. The summed E-state index contributed by atoms with van der Waals surface area (Å²) in [5.74, 6) is 0.204. The number of ether oxygens (including phenoxy) is 1. The number of benzene rings is 1. The van der Waals surface area contributed by atoms with Crippen LogP contribution >= 0.6 is 0 Å². The highest BCUT2D eigenvalue weighted by Gasteiger charge is 2.30. The number of alkyl halides is 3. The Hall–Kier alpha value is -1.60. The molecule has 0 aromatic heterocycles. The molecule has 1 aromatic carbocycles. The van der Waals surface area contributed by atoms with Crippen molar-refractivity contribution in [1.82, 2.24) is 4.90 Å². The van der Waals surface area contributed by atoms with Crippen LogP contribution in [-0.4, -0.2) is 44.2 Å². The molecule has 4 nitrogen and oxygen atoms in total. The van der Waals surface area contributed by atoms with Gasteiger partial charge in [-0.2, -0.15) is 13.2 Å². The quantitative estimate of drug-likeness (QED) is 0.902. The fraction of sp³-hybridized carbons (Fsp3) is 0.562. The molecular formula is C16H21F3N2O2. The predicted molar refractivity (Wildman–Crippen MR) is 81.1 cm³/mol. The van der Waals surface area contributed by atoms with Gasteiger partial charge in [-0.25, -0.2) is 0 Å². The van der Waals surface area contributed by atoms with Crippen LogP contribution in [0.2, 0.25) is 0 Å². The summed E-state index contributed by atoms with van der Waals surface area (Å²) in [6, 6.07) is 4.46. The Morgan fingerprint density at radius 2 is 2.04 bits per heavy atom. The lowest BCUT2D eigenvalue weighted by Gasteiger charge is -2.31. The molecule has 0 saturated carbocycles. The van der Waals surface area contributed by atoms with Gasteiger partial charge < -0.3 is 10.1 Å². The van der Waals surface area contributed by atoms with E-state index in [1.807, 2.05) is 4.90 Å². The van der Waals surface area contributed by atoms with E-state index in [0.717, 1.165) is 38.1 Å². The Morgan fingerprint density at radius 1 is 1.35 bits per heavy atom. The first-order chi connectivity index (χ1) is 10.9. The van der Waals surface area contributed by atoms with Crippen molar-refractivity contribution >= 4 is 11.6 Å². The van der Waals surface area contributed by atoms with Crippen LogP contribution in [0.1, 0.15) is 18.4 Å². The van der Waals surface area contributed by atoms with Crippen molar-refractivity contribution in [2.75, 3.05) is 38.7 Å². The molecule has 1 aromatic rings. The van der Waals surface area contributed by atoms with E-state index < -0.39 is 11.7 Å². The van der Waals surface area contributed by atoms with Gasteiger partial charge in [-0.15, -0.1) is 0 Å². The van der Waals surface area contributed by atoms with E-state index in [1.54, 1.807) is 7.11 Å². The molecule has 0 unspecified atom stereocenters. The largest absolute Gasteiger partial charge is 0.416 e. The van der Waals surface area contributed by atoms with Crippen molar-refractivity contribution in [1.29, 1.82) is 0 Å². The molecule has 1 aliphatic heterocycles. The van der Waals surface area contributed by atoms with Crippen LogP contribution in [0.4, 0.5) is 18.9 Å². The molecule has 0 bridgehead atoms. The highest BCUT2D eigenvalue weighted by Crippen LogP contribution is 2.29. The number of anilines is 1. The first-order valence-corrected chi connectivity index (χ1v) is 7.57. The average molecular weight is 330 g/mol. The van der Waals surface area contributed by atoms with Crippen molar-refractivity contribution in [2.45, 2.75) is 19.0 Å². The highest BCUT2D eigenvalue weighted by atomic mass is 19.4. The van der Waals surface area contributed by atoms with Gasteiger partial charge >= 0.3 is 6.18 Å². The minimum absolute atomic E-state index is 0.220. The highest BCUT2D eigenvalue weighted by molar-refractivity contribution is 5.92. The van der Waals surface area contributed by atoms with Crippen LogP contribution < -0.4 is 5.32 Å². The zero-order valence-corrected chi connectivity index (χ0v) is 13.0. The van der Waals surface area contributed by atoms with E-state index in [2.05, 4.69) is 5.32 Å². The lowest BCUT2D eigenvalue weighted by atomic mass is 9.99. The van der Waals surface area contributed by atoms with E-state index >= 15 is 0 Å². The van der Waals surface area contributed by atoms with Crippen LogP contribution in [0.15, 0.2) is 24.3 Å². The fourth-order valence-electron chi connectivity index (χ4n) is 2.81. The number of methoxy groups -OCH3 is 1. The lowest BCUT2D eigenvalue weighted by molar-refractivity contribution is -0.137. The molecule has 1 fully saturated rings. The number of likely N-dealkylation sites (tertiary alicyclic amines) is 1. The van der Waals surface area contributed by atoms with Crippen LogP contribution in [0, 0.1) is 5.92 Å². The second-order valence-corrected chi connectivity index (χ2v) is 5.82. The Balaban J connectivity index is 1.84. The van der Waals surface area contributed by atoms with E-state index in [4.69, 9.17) is 4.74 Å². The van der Waals surface area contributed by atoms with Gasteiger partial charge in [0.1, 0.15) is 0 Å². The van der Waals surface area contributed by atoms with Gasteiger partial charge in [0.15, 0.2) is 0 Å². The van der Waals surface area contributed by atoms with Gasteiger partial charge in [-0.3, -0.25) is 9.69 Å². The lowest BCUT2D eigenvalue weighted by Crippen LogP contribution is -2.41. The zero-order valence-electron chi connectivity index (χ0n) is 13.0. The van der Waals surface area contributed by atoms with Crippen molar-refractivity contribution in [3.63, 3.8) is 0 Å². The molecule has 0 spiro atoms. The minimum Gasteiger partial charge on any atom is -0.384 e.